The van der Waals surface area contributed by atoms with Crippen molar-refractivity contribution in [3.05, 3.63) is 59.1 Å². The lowest BCUT2D eigenvalue weighted by Crippen LogP contribution is -2.39. The first-order valence-electron chi connectivity index (χ1n) is 9.41. The highest BCUT2D eigenvalue weighted by atomic mass is 35.5. The lowest BCUT2D eigenvalue weighted by molar-refractivity contribution is -0.114. The molecule has 0 aliphatic carbocycles. The van der Waals surface area contributed by atoms with Crippen molar-refractivity contribution in [1.29, 1.82) is 0 Å². The minimum atomic E-state index is -0.200. The molecule has 0 atom stereocenters. The largest absolute Gasteiger partial charge is 0.337 e. The van der Waals surface area contributed by atoms with Crippen LogP contribution in [0.4, 0.5) is 16.2 Å². The van der Waals surface area contributed by atoms with Crippen molar-refractivity contribution >= 4 is 40.8 Å². The molecule has 8 heteroatoms. The summed E-state index contributed by atoms with van der Waals surface area (Å²) in [7, 11) is 0. The highest BCUT2D eigenvalue weighted by molar-refractivity contribution is 6.30. The van der Waals surface area contributed by atoms with E-state index >= 15 is 0 Å². The molecule has 29 heavy (non-hydrogen) atoms. The number of hydrogen-bond acceptors (Lipinski definition) is 3. The van der Waals surface area contributed by atoms with E-state index in [0.29, 0.717) is 54.6 Å². The fourth-order valence-corrected chi connectivity index (χ4v) is 3.30. The summed E-state index contributed by atoms with van der Waals surface area (Å²) < 4.78 is 0. The van der Waals surface area contributed by atoms with Crippen LogP contribution < -0.4 is 10.6 Å². The molecule has 1 aliphatic rings. The Morgan fingerprint density at radius 3 is 2.28 bits per heavy atom. The summed E-state index contributed by atoms with van der Waals surface area (Å²) in [5, 5.41) is 6.14. The maximum atomic E-state index is 12.9. The number of carbonyl (C=O) groups is 3. The third kappa shape index (κ3) is 5.71. The molecular formula is C21H23ClN4O3. The van der Waals surface area contributed by atoms with Crippen LogP contribution in [0.25, 0.3) is 0 Å². The van der Waals surface area contributed by atoms with Crippen LogP contribution in [0.2, 0.25) is 5.02 Å². The van der Waals surface area contributed by atoms with Gasteiger partial charge in [0.05, 0.1) is 0 Å². The lowest BCUT2D eigenvalue weighted by Gasteiger charge is -2.22. The van der Waals surface area contributed by atoms with Crippen LogP contribution in [0.5, 0.6) is 0 Å². The topological polar surface area (TPSA) is 81.8 Å². The van der Waals surface area contributed by atoms with Crippen molar-refractivity contribution in [1.82, 2.24) is 9.80 Å². The second-order valence-electron chi connectivity index (χ2n) is 6.83. The number of anilines is 2. The zero-order valence-electron chi connectivity index (χ0n) is 16.2. The van der Waals surface area contributed by atoms with E-state index in [9.17, 15) is 14.4 Å². The summed E-state index contributed by atoms with van der Waals surface area (Å²) in [5.74, 6) is -0.302. The maximum absolute atomic E-state index is 12.9. The molecule has 152 valence electrons. The molecule has 2 aromatic carbocycles. The number of nitrogens with one attached hydrogen (secondary N) is 2. The van der Waals surface area contributed by atoms with Gasteiger partial charge in [-0.15, -0.1) is 0 Å². The van der Waals surface area contributed by atoms with E-state index in [1.807, 2.05) is 0 Å². The first-order chi connectivity index (χ1) is 13.9. The molecular weight excluding hydrogens is 392 g/mol. The zero-order chi connectivity index (χ0) is 20.8. The van der Waals surface area contributed by atoms with Crippen molar-refractivity contribution in [2.75, 3.05) is 36.8 Å². The van der Waals surface area contributed by atoms with Crippen molar-refractivity contribution in [3.8, 4) is 0 Å². The van der Waals surface area contributed by atoms with E-state index in [4.69, 9.17) is 11.6 Å². The molecule has 1 aliphatic heterocycles. The van der Waals surface area contributed by atoms with Crippen molar-refractivity contribution in [2.24, 2.45) is 0 Å². The Balaban J connectivity index is 1.60. The van der Waals surface area contributed by atoms with Crippen LogP contribution >= 0.6 is 11.6 Å². The van der Waals surface area contributed by atoms with Crippen LogP contribution in [0.3, 0.4) is 0 Å². The summed E-state index contributed by atoms with van der Waals surface area (Å²) in [6, 6.07) is 13.6. The quantitative estimate of drug-likeness (QED) is 0.803. The standard InChI is InChI=1S/C21H23ClN4O3/c1-15(27)23-19-5-2-4-16(14-19)20(28)25-10-3-11-26(13-12-25)21(29)24-18-8-6-17(22)7-9-18/h2,4-9,14H,3,10-13H2,1H3,(H,23,27)(H,24,29). The number of hydrogen-bond donors (Lipinski definition) is 2. The fourth-order valence-electron chi connectivity index (χ4n) is 3.18. The first-order valence-corrected chi connectivity index (χ1v) is 9.78. The van der Waals surface area contributed by atoms with Crippen molar-refractivity contribution in [3.63, 3.8) is 0 Å². The fraction of sp³-hybridized carbons (Fsp3) is 0.286. The Morgan fingerprint density at radius 2 is 1.55 bits per heavy atom. The van der Waals surface area contributed by atoms with Gasteiger partial charge in [-0.2, -0.15) is 0 Å². The third-order valence-corrected chi connectivity index (χ3v) is 4.85. The molecule has 0 radical (unpaired) electrons. The van der Waals surface area contributed by atoms with Crippen LogP contribution in [0.1, 0.15) is 23.7 Å². The Labute approximate surface area is 174 Å². The van der Waals surface area contributed by atoms with Gasteiger partial charge in [0.1, 0.15) is 0 Å². The van der Waals surface area contributed by atoms with Gasteiger partial charge in [-0.25, -0.2) is 4.79 Å². The predicted molar refractivity (Wildman–Crippen MR) is 113 cm³/mol. The number of urea groups is 1. The van der Waals surface area contributed by atoms with Gasteiger partial charge in [0.15, 0.2) is 0 Å². The zero-order valence-corrected chi connectivity index (χ0v) is 16.9. The van der Waals surface area contributed by atoms with E-state index < -0.39 is 0 Å². The van der Waals surface area contributed by atoms with Crippen LogP contribution in [-0.4, -0.2) is 53.8 Å². The Hall–Kier alpha value is -3.06. The van der Waals surface area contributed by atoms with Gasteiger partial charge in [0, 0.05) is 55.1 Å². The van der Waals surface area contributed by atoms with E-state index in [-0.39, 0.29) is 17.8 Å². The monoisotopic (exact) mass is 414 g/mol. The summed E-state index contributed by atoms with van der Waals surface area (Å²) in [6.07, 6.45) is 0.686. The van der Waals surface area contributed by atoms with E-state index in [0.717, 1.165) is 0 Å². The minimum absolute atomic E-state index is 0.114. The average molecular weight is 415 g/mol. The summed E-state index contributed by atoms with van der Waals surface area (Å²) in [5.41, 5.74) is 1.77. The van der Waals surface area contributed by atoms with Gasteiger partial charge in [0.2, 0.25) is 5.91 Å². The molecule has 0 spiro atoms. The van der Waals surface area contributed by atoms with Crippen LogP contribution in [0.15, 0.2) is 48.5 Å². The Kier molecular flexibility index (Phi) is 6.72. The Bertz CT molecular complexity index is 901. The van der Waals surface area contributed by atoms with Crippen LogP contribution in [0, 0.1) is 0 Å². The molecule has 1 heterocycles. The van der Waals surface area contributed by atoms with Gasteiger partial charge in [0.25, 0.3) is 5.91 Å². The van der Waals surface area contributed by atoms with Gasteiger partial charge in [-0.1, -0.05) is 17.7 Å². The van der Waals surface area contributed by atoms with E-state index in [1.165, 1.54) is 6.92 Å². The number of nitrogens with zero attached hydrogens (tertiary/aromatic N) is 2. The molecule has 1 saturated heterocycles. The van der Waals surface area contributed by atoms with Gasteiger partial charge < -0.3 is 20.4 Å². The molecule has 4 amide bonds. The molecule has 2 aromatic rings. The minimum Gasteiger partial charge on any atom is -0.337 e. The van der Waals surface area contributed by atoms with Gasteiger partial charge in [-0.3, -0.25) is 9.59 Å². The second kappa shape index (κ2) is 9.43. The molecule has 0 bridgehead atoms. The molecule has 1 fully saturated rings. The highest BCUT2D eigenvalue weighted by Gasteiger charge is 2.23. The van der Waals surface area contributed by atoms with Crippen molar-refractivity contribution in [2.45, 2.75) is 13.3 Å². The number of carbonyl (C=O) groups excluding carboxylic acids is 3. The predicted octanol–water partition coefficient (Wildman–Crippen LogP) is 3.68. The molecule has 0 aromatic heterocycles. The summed E-state index contributed by atoms with van der Waals surface area (Å²) in [6.45, 7) is 3.43. The normalized spacial score (nSPS) is 14.1. The lowest BCUT2D eigenvalue weighted by atomic mass is 10.1. The molecule has 0 unspecified atom stereocenters. The second-order valence-corrected chi connectivity index (χ2v) is 7.27. The smallest absolute Gasteiger partial charge is 0.321 e. The average Bonchev–Trinajstić information content (AvgIpc) is 2.95. The van der Waals surface area contributed by atoms with E-state index in [2.05, 4.69) is 10.6 Å². The van der Waals surface area contributed by atoms with Gasteiger partial charge in [-0.05, 0) is 48.9 Å². The Morgan fingerprint density at radius 1 is 0.862 bits per heavy atom. The van der Waals surface area contributed by atoms with Crippen LogP contribution in [-0.2, 0) is 4.79 Å². The number of benzene rings is 2. The molecule has 7 nitrogen and oxygen atoms in total. The highest BCUT2D eigenvalue weighted by Crippen LogP contribution is 2.16. The number of halogens is 1. The van der Waals surface area contributed by atoms with E-state index in [1.54, 1.807) is 58.3 Å². The number of rotatable bonds is 3. The maximum Gasteiger partial charge on any atom is 0.321 e. The summed E-state index contributed by atoms with van der Waals surface area (Å²) in [4.78, 5) is 40.1. The van der Waals surface area contributed by atoms with Gasteiger partial charge >= 0.3 is 6.03 Å². The molecule has 3 rings (SSSR count). The first kappa shape index (κ1) is 20.7. The molecule has 2 N–H and O–H groups in total. The third-order valence-electron chi connectivity index (χ3n) is 4.60. The molecule has 0 saturated carbocycles. The number of amides is 4. The van der Waals surface area contributed by atoms with Crippen molar-refractivity contribution < 1.29 is 14.4 Å². The SMILES string of the molecule is CC(=O)Nc1cccc(C(=O)N2CCCN(C(=O)Nc3ccc(Cl)cc3)CC2)c1. The summed E-state index contributed by atoms with van der Waals surface area (Å²) >= 11 is 5.87.